The summed E-state index contributed by atoms with van der Waals surface area (Å²) in [5.74, 6) is -0.939. The number of carbonyl (C=O) groups excluding carboxylic acids is 2. The predicted molar refractivity (Wildman–Crippen MR) is 98.5 cm³/mol. The Balaban J connectivity index is 0.000000251. The number of ether oxygens (including phenoxy) is 2. The lowest BCUT2D eigenvalue weighted by Crippen LogP contribution is -2.03. The monoisotopic (exact) mass is 448 g/mol. The van der Waals surface area contributed by atoms with Crippen LogP contribution in [-0.4, -0.2) is 36.1 Å². The lowest BCUT2D eigenvalue weighted by atomic mass is 10.2. The molecule has 0 saturated heterocycles. The average Bonchev–Trinajstić information content (AvgIpc) is 2.60. The summed E-state index contributed by atoms with van der Waals surface area (Å²) in [5.41, 5.74) is 2.13. The Bertz CT molecular complexity index is 772. The number of carbonyl (C=O) groups is 2. The molecule has 0 amide bonds. The van der Waals surface area contributed by atoms with Crippen molar-refractivity contribution >= 4 is 51.1 Å². The number of alkyl halides is 1. The van der Waals surface area contributed by atoms with E-state index < -0.39 is 11.9 Å². The first-order chi connectivity index (χ1) is 11.8. The van der Waals surface area contributed by atoms with Crippen molar-refractivity contribution in [3.05, 3.63) is 57.1 Å². The van der Waals surface area contributed by atoms with Gasteiger partial charge in [0.05, 0.1) is 31.0 Å². The summed E-state index contributed by atoms with van der Waals surface area (Å²) < 4.78 is 9.01. The quantitative estimate of drug-likeness (QED) is 0.396. The number of halogens is 3. The van der Waals surface area contributed by atoms with Crippen molar-refractivity contribution in [2.45, 2.75) is 12.3 Å². The minimum Gasteiger partial charge on any atom is -0.465 e. The van der Waals surface area contributed by atoms with Crippen molar-refractivity contribution < 1.29 is 19.1 Å². The van der Waals surface area contributed by atoms with E-state index in [0.717, 1.165) is 11.4 Å². The highest BCUT2D eigenvalue weighted by molar-refractivity contribution is 9.08. The molecule has 2 aromatic rings. The maximum atomic E-state index is 11.1. The van der Waals surface area contributed by atoms with Crippen molar-refractivity contribution in [3.8, 4) is 0 Å². The molecular formula is C16H15BrCl2N2O4. The van der Waals surface area contributed by atoms with Crippen LogP contribution >= 0.6 is 39.1 Å². The molecule has 0 bridgehead atoms. The number of rotatable bonds is 3. The fourth-order valence-corrected chi connectivity index (χ4v) is 2.43. The van der Waals surface area contributed by atoms with Crippen LogP contribution in [-0.2, 0) is 14.8 Å². The molecule has 0 aromatic carbocycles. The third-order valence-electron chi connectivity index (χ3n) is 2.84. The Kier molecular flexibility index (Phi) is 8.82. The van der Waals surface area contributed by atoms with E-state index in [0.29, 0.717) is 10.9 Å². The zero-order valence-electron chi connectivity index (χ0n) is 13.7. The van der Waals surface area contributed by atoms with E-state index in [-0.39, 0.29) is 15.9 Å². The second-order valence-electron chi connectivity index (χ2n) is 4.55. The van der Waals surface area contributed by atoms with E-state index in [4.69, 9.17) is 23.2 Å². The lowest BCUT2D eigenvalue weighted by molar-refractivity contribution is 0.0591. The van der Waals surface area contributed by atoms with Gasteiger partial charge in [0.25, 0.3) is 0 Å². The highest BCUT2D eigenvalue weighted by Crippen LogP contribution is 2.16. The number of pyridine rings is 2. The Labute approximate surface area is 163 Å². The molecule has 0 unspecified atom stereocenters. The second-order valence-corrected chi connectivity index (χ2v) is 5.83. The minimum absolute atomic E-state index is 0.170. The molecule has 2 heterocycles. The molecule has 25 heavy (non-hydrogen) atoms. The van der Waals surface area contributed by atoms with E-state index in [1.54, 1.807) is 31.2 Å². The molecule has 0 aliphatic heterocycles. The summed E-state index contributed by atoms with van der Waals surface area (Å²) in [7, 11) is 2.61. The summed E-state index contributed by atoms with van der Waals surface area (Å²) >= 11 is 14.7. The largest absolute Gasteiger partial charge is 0.465 e. The molecule has 0 fully saturated rings. The third-order valence-corrected chi connectivity index (χ3v) is 3.99. The van der Waals surface area contributed by atoms with E-state index in [1.807, 2.05) is 0 Å². The summed E-state index contributed by atoms with van der Waals surface area (Å²) in [6.07, 6.45) is 0. The van der Waals surface area contributed by atoms with Crippen LogP contribution in [0.15, 0.2) is 24.3 Å². The Hall–Kier alpha value is -1.70. The van der Waals surface area contributed by atoms with E-state index in [1.165, 1.54) is 14.2 Å². The molecule has 0 N–H and O–H groups in total. The zero-order valence-corrected chi connectivity index (χ0v) is 16.8. The van der Waals surface area contributed by atoms with Gasteiger partial charge in [0, 0.05) is 11.0 Å². The highest BCUT2D eigenvalue weighted by Gasteiger charge is 2.12. The summed E-state index contributed by atoms with van der Waals surface area (Å²) in [4.78, 5) is 30.0. The first-order valence-electron chi connectivity index (χ1n) is 6.85. The standard InChI is InChI=1S/C8H7BrClNO2.C8H8ClNO2/c1-13-8(12)6-3-2-5(4-9)11-7(6)10;1-5-3-4-6(7(9)10-5)8(11)12-2/h2-3H,4H2,1H3;3-4H,1-2H3. The van der Waals surface area contributed by atoms with E-state index in [2.05, 4.69) is 35.4 Å². The smallest absolute Gasteiger partial charge is 0.341 e. The zero-order chi connectivity index (χ0) is 19.0. The number of hydrogen-bond donors (Lipinski definition) is 0. The molecule has 0 spiro atoms. The SMILES string of the molecule is COC(=O)c1ccc(C)nc1Cl.COC(=O)c1ccc(CBr)nc1Cl. The molecule has 9 heteroatoms. The number of aryl methyl sites for hydroxylation is 1. The lowest BCUT2D eigenvalue weighted by Gasteiger charge is -2.02. The van der Waals surface area contributed by atoms with Crippen molar-refractivity contribution in [2.24, 2.45) is 0 Å². The fourth-order valence-electron chi connectivity index (χ4n) is 1.60. The molecule has 0 radical (unpaired) electrons. The topological polar surface area (TPSA) is 78.4 Å². The van der Waals surface area contributed by atoms with Crippen LogP contribution in [0, 0.1) is 6.92 Å². The van der Waals surface area contributed by atoms with Gasteiger partial charge in [-0.15, -0.1) is 0 Å². The summed E-state index contributed by atoms with van der Waals surface area (Å²) in [5, 5.41) is 0.958. The number of nitrogens with zero attached hydrogens (tertiary/aromatic N) is 2. The Morgan fingerprint density at radius 1 is 0.960 bits per heavy atom. The van der Waals surface area contributed by atoms with Gasteiger partial charge in [0.2, 0.25) is 0 Å². The average molecular weight is 450 g/mol. The van der Waals surface area contributed by atoms with Crippen LogP contribution in [0.4, 0.5) is 0 Å². The molecular weight excluding hydrogens is 435 g/mol. The number of aromatic nitrogens is 2. The van der Waals surface area contributed by atoms with Crippen molar-refractivity contribution in [2.75, 3.05) is 14.2 Å². The predicted octanol–water partition coefficient (Wildman–Crippen LogP) is 4.25. The van der Waals surface area contributed by atoms with Gasteiger partial charge in [0.15, 0.2) is 0 Å². The van der Waals surface area contributed by atoms with Gasteiger partial charge in [0.1, 0.15) is 10.3 Å². The van der Waals surface area contributed by atoms with E-state index in [9.17, 15) is 9.59 Å². The van der Waals surface area contributed by atoms with Gasteiger partial charge in [-0.3, -0.25) is 0 Å². The van der Waals surface area contributed by atoms with Crippen LogP contribution in [0.3, 0.4) is 0 Å². The fraction of sp³-hybridized carbons (Fsp3) is 0.250. The Morgan fingerprint density at radius 2 is 1.44 bits per heavy atom. The van der Waals surface area contributed by atoms with Gasteiger partial charge in [-0.1, -0.05) is 39.1 Å². The molecule has 2 rings (SSSR count). The molecule has 0 saturated carbocycles. The molecule has 0 atom stereocenters. The maximum absolute atomic E-state index is 11.1. The normalized spacial score (nSPS) is 9.68. The van der Waals surface area contributed by atoms with Crippen LogP contribution in [0.25, 0.3) is 0 Å². The highest BCUT2D eigenvalue weighted by atomic mass is 79.9. The molecule has 6 nitrogen and oxygen atoms in total. The van der Waals surface area contributed by atoms with E-state index >= 15 is 0 Å². The molecule has 2 aromatic heterocycles. The third kappa shape index (κ3) is 6.26. The van der Waals surface area contributed by atoms with Gasteiger partial charge >= 0.3 is 11.9 Å². The van der Waals surface area contributed by atoms with Crippen LogP contribution in [0.1, 0.15) is 32.1 Å². The van der Waals surface area contributed by atoms with Crippen molar-refractivity contribution in [3.63, 3.8) is 0 Å². The Morgan fingerprint density at radius 3 is 1.84 bits per heavy atom. The molecule has 0 aliphatic rings. The maximum Gasteiger partial charge on any atom is 0.341 e. The molecule has 134 valence electrons. The number of esters is 2. The second kappa shape index (κ2) is 10.3. The van der Waals surface area contributed by atoms with Gasteiger partial charge in [-0.2, -0.15) is 0 Å². The minimum atomic E-state index is -0.473. The van der Waals surface area contributed by atoms with Crippen LogP contribution in [0.5, 0.6) is 0 Å². The number of methoxy groups -OCH3 is 2. The van der Waals surface area contributed by atoms with Gasteiger partial charge < -0.3 is 9.47 Å². The van der Waals surface area contributed by atoms with Crippen molar-refractivity contribution in [1.82, 2.24) is 9.97 Å². The molecule has 0 aliphatic carbocycles. The summed E-state index contributed by atoms with van der Waals surface area (Å²) in [6, 6.07) is 6.61. The number of hydrogen-bond acceptors (Lipinski definition) is 6. The van der Waals surface area contributed by atoms with Crippen LogP contribution in [0.2, 0.25) is 10.3 Å². The van der Waals surface area contributed by atoms with Gasteiger partial charge in [-0.25, -0.2) is 19.6 Å². The first kappa shape index (κ1) is 21.3. The van der Waals surface area contributed by atoms with Crippen LogP contribution < -0.4 is 0 Å². The summed E-state index contributed by atoms with van der Waals surface area (Å²) in [6.45, 7) is 1.80. The first-order valence-corrected chi connectivity index (χ1v) is 8.72. The van der Waals surface area contributed by atoms with Gasteiger partial charge in [-0.05, 0) is 31.2 Å². The van der Waals surface area contributed by atoms with Crippen molar-refractivity contribution in [1.29, 1.82) is 0 Å².